The quantitative estimate of drug-likeness (QED) is 0.704. The highest BCUT2D eigenvalue weighted by Crippen LogP contribution is 2.14. The van der Waals surface area contributed by atoms with Crippen molar-refractivity contribution in [3.63, 3.8) is 0 Å². The number of benzene rings is 1. The fraction of sp³-hybridized carbons (Fsp3) is 0.526. The van der Waals surface area contributed by atoms with Crippen LogP contribution >= 0.6 is 0 Å². The van der Waals surface area contributed by atoms with E-state index in [0.717, 1.165) is 18.6 Å². The first-order valence-corrected chi connectivity index (χ1v) is 9.40. The van der Waals surface area contributed by atoms with Crippen molar-refractivity contribution >= 4 is 17.8 Å². The van der Waals surface area contributed by atoms with Gasteiger partial charge in [-0.05, 0) is 24.1 Å². The van der Waals surface area contributed by atoms with Crippen LogP contribution in [0.3, 0.4) is 0 Å². The molecule has 27 heavy (non-hydrogen) atoms. The van der Waals surface area contributed by atoms with Crippen LogP contribution in [0.25, 0.3) is 0 Å². The zero-order valence-corrected chi connectivity index (χ0v) is 15.6. The third-order valence-corrected chi connectivity index (χ3v) is 4.81. The van der Waals surface area contributed by atoms with Crippen molar-refractivity contribution in [2.45, 2.75) is 25.8 Å². The summed E-state index contributed by atoms with van der Waals surface area (Å²) in [5.41, 5.74) is 1.28. The molecule has 8 heteroatoms. The third kappa shape index (κ3) is 4.69. The Bertz CT molecular complexity index is 691. The minimum atomic E-state index is -0.594. The SMILES string of the molecule is CCCc1ccc(OCCNC(=O)N2CCN3C(=O)CNC(=O)C3C2)cc1. The molecule has 146 valence electrons. The van der Waals surface area contributed by atoms with Crippen molar-refractivity contribution in [3.8, 4) is 5.75 Å². The third-order valence-electron chi connectivity index (χ3n) is 4.81. The van der Waals surface area contributed by atoms with Gasteiger partial charge in [-0.25, -0.2) is 4.79 Å². The molecule has 0 radical (unpaired) electrons. The van der Waals surface area contributed by atoms with E-state index in [-0.39, 0.29) is 30.9 Å². The lowest BCUT2D eigenvalue weighted by atomic mass is 10.1. The molecule has 2 fully saturated rings. The lowest BCUT2D eigenvalue weighted by Gasteiger charge is -2.42. The van der Waals surface area contributed by atoms with E-state index in [1.807, 2.05) is 24.3 Å². The van der Waals surface area contributed by atoms with Gasteiger partial charge in [0.1, 0.15) is 18.4 Å². The van der Waals surface area contributed by atoms with Crippen molar-refractivity contribution in [1.29, 1.82) is 0 Å². The summed E-state index contributed by atoms with van der Waals surface area (Å²) in [6, 6.07) is 7.13. The van der Waals surface area contributed by atoms with E-state index in [1.165, 1.54) is 5.56 Å². The summed E-state index contributed by atoms with van der Waals surface area (Å²) in [6.07, 6.45) is 2.16. The smallest absolute Gasteiger partial charge is 0.317 e. The fourth-order valence-corrected chi connectivity index (χ4v) is 3.35. The lowest BCUT2D eigenvalue weighted by Crippen LogP contribution is -2.67. The van der Waals surface area contributed by atoms with Gasteiger partial charge in [0, 0.05) is 13.1 Å². The second-order valence-corrected chi connectivity index (χ2v) is 6.74. The number of nitrogens with one attached hydrogen (secondary N) is 2. The van der Waals surface area contributed by atoms with Gasteiger partial charge >= 0.3 is 6.03 Å². The second kappa shape index (κ2) is 8.75. The predicted octanol–water partition coefficient (Wildman–Crippen LogP) is 0.370. The zero-order chi connectivity index (χ0) is 19.2. The van der Waals surface area contributed by atoms with Gasteiger partial charge in [0.05, 0.1) is 19.6 Å². The molecule has 1 aromatic carbocycles. The minimum Gasteiger partial charge on any atom is -0.492 e. The zero-order valence-electron chi connectivity index (χ0n) is 15.6. The standard InChI is InChI=1S/C19H26N4O4/c1-2-3-14-4-6-15(7-5-14)27-11-8-20-19(26)22-9-10-23-16(13-22)18(25)21-12-17(23)24/h4-7,16H,2-3,8-13H2,1H3,(H,20,26)(H,21,25). The van der Waals surface area contributed by atoms with Crippen LogP contribution in [0.4, 0.5) is 4.79 Å². The number of rotatable bonds is 6. The van der Waals surface area contributed by atoms with Gasteiger partial charge in [-0.2, -0.15) is 0 Å². The van der Waals surface area contributed by atoms with Crippen LogP contribution in [0.1, 0.15) is 18.9 Å². The van der Waals surface area contributed by atoms with Crippen molar-refractivity contribution in [2.24, 2.45) is 0 Å². The number of nitrogens with zero attached hydrogens (tertiary/aromatic N) is 2. The molecule has 0 aromatic heterocycles. The monoisotopic (exact) mass is 374 g/mol. The van der Waals surface area contributed by atoms with E-state index in [4.69, 9.17) is 4.74 Å². The summed E-state index contributed by atoms with van der Waals surface area (Å²) in [6.45, 7) is 3.92. The van der Waals surface area contributed by atoms with E-state index in [2.05, 4.69) is 17.6 Å². The Morgan fingerprint density at radius 1 is 1.26 bits per heavy atom. The number of fused-ring (bicyclic) bond motifs is 1. The van der Waals surface area contributed by atoms with Crippen molar-refractivity contribution < 1.29 is 19.1 Å². The highest BCUT2D eigenvalue weighted by molar-refractivity contribution is 5.95. The number of piperazine rings is 2. The topological polar surface area (TPSA) is 91.0 Å². The Morgan fingerprint density at radius 2 is 2.04 bits per heavy atom. The molecule has 2 heterocycles. The predicted molar refractivity (Wildman–Crippen MR) is 99.4 cm³/mol. The van der Waals surface area contributed by atoms with Crippen molar-refractivity contribution in [1.82, 2.24) is 20.4 Å². The average Bonchev–Trinajstić information content (AvgIpc) is 2.69. The maximum Gasteiger partial charge on any atom is 0.317 e. The first-order chi connectivity index (χ1) is 13.1. The molecular weight excluding hydrogens is 348 g/mol. The van der Waals surface area contributed by atoms with Gasteiger partial charge in [-0.3, -0.25) is 9.59 Å². The van der Waals surface area contributed by atoms with Gasteiger partial charge in [0.2, 0.25) is 11.8 Å². The first-order valence-electron chi connectivity index (χ1n) is 9.40. The summed E-state index contributed by atoms with van der Waals surface area (Å²) in [7, 11) is 0. The average molecular weight is 374 g/mol. The molecule has 0 spiro atoms. The molecule has 0 aliphatic carbocycles. The molecular formula is C19H26N4O4. The van der Waals surface area contributed by atoms with Crippen LogP contribution in [0.5, 0.6) is 5.75 Å². The molecule has 3 rings (SSSR count). The number of hydrogen-bond acceptors (Lipinski definition) is 4. The van der Waals surface area contributed by atoms with Crippen molar-refractivity contribution in [3.05, 3.63) is 29.8 Å². The van der Waals surface area contributed by atoms with Gasteiger partial charge in [-0.1, -0.05) is 25.5 Å². The number of amides is 4. The molecule has 2 saturated heterocycles. The summed E-state index contributed by atoms with van der Waals surface area (Å²) in [5.74, 6) is 0.468. The highest BCUT2D eigenvalue weighted by Gasteiger charge is 2.39. The number of carbonyl (C=O) groups excluding carboxylic acids is 3. The van der Waals surface area contributed by atoms with Crippen LogP contribution in [0, 0.1) is 0 Å². The normalized spacial score (nSPS) is 19.4. The number of hydrogen-bond donors (Lipinski definition) is 2. The molecule has 1 unspecified atom stereocenters. The van der Waals surface area contributed by atoms with Crippen LogP contribution < -0.4 is 15.4 Å². The summed E-state index contributed by atoms with van der Waals surface area (Å²) in [4.78, 5) is 39.2. The lowest BCUT2D eigenvalue weighted by molar-refractivity contribution is -0.148. The maximum atomic E-state index is 12.3. The highest BCUT2D eigenvalue weighted by atomic mass is 16.5. The largest absolute Gasteiger partial charge is 0.492 e. The Kier molecular flexibility index (Phi) is 6.16. The van der Waals surface area contributed by atoms with Crippen LogP contribution in [0.2, 0.25) is 0 Å². The van der Waals surface area contributed by atoms with Crippen molar-refractivity contribution in [2.75, 3.05) is 39.3 Å². The molecule has 8 nitrogen and oxygen atoms in total. The Hall–Kier alpha value is -2.77. The van der Waals surface area contributed by atoms with Gasteiger partial charge in [0.15, 0.2) is 0 Å². The molecule has 0 bridgehead atoms. The minimum absolute atomic E-state index is 0.0400. The van der Waals surface area contributed by atoms with Gasteiger partial charge < -0.3 is 25.2 Å². The van der Waals surface area contributed by atoms with E-state index < -0.39 is 6.04 Å². The van der Waals surface area contributed by atoms with E-state index in [1.54, 1.807) is 9.80 Å². The molecule has 4 amide bonds. The molecule has 2 aliphatic rings. The van der Waals surface area contributed by atoms with Gasteiger partial charge in [-0.15, -0.1) is 0 Å². The molecule has 1 aromatic rings. The van der Waals surface area contributed by atoms with Gasteiger partial charge in [0.25, 0.3) is 0 Å². The maximum absolute atomic E-state index is 12.3. The molecule has 2 aliphatic heterocycles. The van der Waals surface area contributed by atoms with E-state index >= 15 is 0 Å². The van der Waals surface area contributed by atoms with E-state index in [0.29, 0.717) is 26.2 Å². The molecule has 0 saturated carbocycles. The number of carbonyl (C=O) groups is 3. The first kappa shape index (κ1) is 19.0. The Balaban J connectivity index is 1.40. The van der Waals surface area contributed by atoms with Crippen LogP contribution in [0.15, 0.2) is 24.3 Å². The molecule has 2 N–H and O–H groups in total. The number of ether oxygens (including phenoxy) is 1. The van der Waals surface area contributed by atoms with Crippen LogP contribution in [-0.2, 0) is 16.0 Å². The number of aryl methyl sites for hydroxylation is 1. The van der Waals surface area contributed by atoms with Crippen LogP contribution in [-0.4, -0.2) is 73.0 Å². The number of urea groups is 1. The summed E-state index contributed by atoms with van der Waals surface area (Å²) in [5, 5.41) is 5.37. The second-order valence-electron chi connectivity index (χ2n) is 6.74. The Labute approximate surface area is 158 Å². The summed E-state index contributed by atoms with van der Waals surface area (Å²) < 4.78 is 5.64. The summed E-state index contributed by atoms with van der Waals surface area (Å²) >= 11 is 0. The molecule has 1 atom stereocenters. The fourth-order valence-electron chi connectivity index (χ4n) is 3.35. The van der Waals surface area contributed by atoms with E-state index in [9.17, 15) is 14.4 Å². The Morgan fingerprint density at radius 3 is 2.78 bits per heavy atom.